The first-order valence-corrected chi connectivity index (χ1v) is 11.0. The predicted molar refractivity (Wildman–Crippen MR) is 113 cm³/mol. The molecule has 0 radical (unpaired) electrons. The molecule has 3 rings (SSSR count). The van der Waals surface area contributed by atoms with E-state index in [9.17, 15) is 0 Å². The molecular formula is C22H21BrF2P+. The van der Waals surface area contributed by atoms with Gasteiger partial charge in [0.25, 0.3) is 0 Å². The SMILES string of the molecule is Cc1ccc([P+](c2ccc(C)cc2)(c2ccc(C)cc2)C(F)(F)Br)cc1. The Morgan fingerprint density at radius 3 is 1.00 bits per heavy atom. The van der Waals surface area contributed by atoms with E-state index in [1.54, 1.807) is 0 Å². The lowest BCUT2D eigenvalue weighted by Crippen LogP contribution is -2.39. The molecule has 0 N–H and O–H groups in total. The number of halogens is 3. The van der Waals surface area contributed by atoms with Gasteiger partial charge in [-0.1, -0.05) is 53.1 Å². The molecule has 0 heterocycles. The monoisotopic (exact) mass is 433 g/mol. The van der Waals surface area contributed by atoms with Crippen LogP contribution < -0.4 is 15.9 Å². The molecule has 134 valence electrons. The quantitative estimate of drug-likeness (QED) is 0.357. The molecule has 0 fully saturated rings. The van der Waals surface area contributed by atoms with Crippen LogP contribution in [0.2, 0.25) is 0 Å². The molecule has 0 nitrogen and oxygen atoms in total. The standard InChI is InChI=1S/C22H21BrF2P/c1-16-4-10-19(11-5-16)26(22(23,24)25,20-12-6-17(2)7-13-20)21-14-8-18(3)9-15-21/h4-15H,1-3H3/q+1. The minimum Gasteiger partial charge on any atom is -0.154 e. The highest BCUT2D eigenvalue weighted by Crippen LogP contribution is 2.70. The molecule has 3 aromatic carbocycles. The van der Waals surface area contributed by atoms with Gasteiger partial charge >= 0.3 is 4.57 Å². The van der Waals surface area contributed by atoms with Gasteiger partial charge in [0.05, 0.1) is 0 Å². The summed E-state index contributed by atoms with van der Waals surface area (Å²) in [5.41, 5.74) is 3.16. The molecule has 0 saturated carbocycles. The van der Waals surface area contributed by atoms with Crippen LogP contribution in [-0.2, 0) is 0 Å². The summed E-state index contributed by atoms with van der Waals surface area (Å²) < 4.78 is 27.7. The van der Waals surface area contributed by atoms with E-state index >= 15 is 8.78 Å². The Hall–Kier alpha value is -1.57. The lowest BCUT2D eigenvalue weighted by Gasteiger charge is -2.30. The third kappa shape index (κ3) is 3.35. The van der Waals surface area contributed by atoms with Crippen LogP contribution in [0.15, 0.2) is 72.8 Å². The summed E-state index contributed by atoms with van der Waals surface area (Å²) in [6, 6.07) is 22.5. The lowest BCUT2D eigenvalue weighted by molar-refractivity contribution is 0.213. The number of rotatable bonds is 4. The fraction of sp³-hybridized carbons (Fsp3) is 0.182. The van der Waals surface area contributed by atoms with Gasteiger partial charge in [-0.2, -0.15) is 8.78 Å². The molecule has 0 unspecified atom stereocenters. The fourth-order valence-electron chi connectivity index (χ4n) is 3.19. The zero-order valence-electron chi connectivity index (χ0n) is 15.0. The van der Waals surface area contributed by atoms with E-state index in [1.807, 2.05) is 93.6 Å². The fourth-order valence-corrected chi connectivity index (χ4v) is 8.60. The Morgan fingerprint density at radius 2 is 0.808 bits per heavy atom. The van der Waals surface area contributed by atoms with Gasteiger partial charge < -0.3 is 0 Å². The van der Waals surface area contributed by atoms with Crippen LogP contribution in [0.25, 0.3) is 0 Å². The number of benzene rings is 3. The van der Waals surface area contributed by atoms with Gasteiger partial charge in [0.1, 0.15) is 15.9 Å². The molecule has 0 amide bonds. The number of hydrogen-bond acceptors (Lipinski definition) is 0. The van der Waals surface area contributed by atoms with Crippen molar-refractivity contribution < 1.29 is 8.78 Å². The van der Waals surface area contributed by atoms with E-state index in [0.29, 0.717) is 15.9 Å². The maximum Gasteiger partial charge on any atom is 0.422 e. The average Bonchev–Trinajstić information content (AvgIpc) is 2.59. The lowest BCUT2D eigenvalue weighted by atomic mass is 10.2. The minimum absolute atomic E-state index is 0.665. The molecule has 0 aliphatic rings. The Balaban J connectivity index is 2.40. The van der Waals surface area contributed by atoms with Gasteiger partial charge in [-0.15, -0.1) is 0 Å². The largest absolute Gasteiger partial charge is 0.422 e. The summed E-state index contributed by atoms with van der Waals surface area (Å²) >= 11 is 2.78. The Kier molecular flexibility index (Phi) is 5.33. The summed E-state index contributed by atoms with van der Waals surface area (Å²) in [6.07, 6.45) is 0. The predicted octanol–water partition coefficient (Wildman–Crippen LogP) is 5.85. The first-order valence-electron chi connectivity index (χ1n) is 8.43. The molecule has 0 bridgehead atoms. The van der Waals surface area contributed by atoms with Gasteiger partial charge in [0, 0.05) is 15.9 Å². The van der Waals surface area contributed by atoms with E-state index in [1.165, 1.54) is 0 Å². The third-order valence-electron chi connectivity index (χ3n) is 4.64. The van der Waals surface area contributed by atoms with Crippen molar-refractivity contribution in [1.29, 1.82) is 0 Å². The Morgan fingerprint density at radius 1 is 0.577 bits per heavy atom. The van der Waals surface area contributed by atoms with E-state index in [4.69, 9.17) is 0 Å². The Bertz CT molecular complexity index is 768. The highest BCUT2D eigenvalue weighted by Gasteiger charge is 2.64. The van der Waals surface area contributed by atoms with Crippen molar-refractivity contribution in [2.45, 2.75) is 25.3 Å². The molecular weight excluding hydrogens is 413 g/mol. The smallest absolute Gasteiger partial charge is 0.154 e. The molecule has 26 heavy (non-hydrogen) atoms. The van der Waals surface area contributed by atoms with Crippen LogP contribution in [0.5, 0.6) is 0 Å². The van der Waals surface area contributed by atoms with Crippen molar-refractivity contribution in [3.63, 3.8) is 0 Å². The first kappa shape index (κ1) is 19.2. The maximum atomic E-state index is 15.4. The second kappa shape index (κ2) is 7.21. The van der Waals surface area contributed by atoms with Crippen molar-refractivity contribution in [1.82, 2.24) is 0 Å². The van der Waals surface area contributed by atoms with Crippen molar-refractivity contribution in [3.8, 4) is 0 Å². The number of hydrogen-bond donors (Lipinski definition) is 0. The van der Waals surface area contributed by atoms with E-state index < -0.39 is 11.8 Å². The molecule has 0 saturated heterocycles. The van der Waals surface area contributed by atoms with Crippen molar-refractivity contribution >= 4 is 39.1 Å². The number of alkyl halides is 3. The zero-order valence-corrected chi connectivity index (χ0v) is 17.5. The maximum absolute atomic E-state index is 15.4. The molecule has 4 heteroatoms. The Labute approximate surface area is 162 Å². The van der Waals surface area contributed by atoms with Gasteiger partial charge in [0.2, 0.25) is 0 Å². The van der Waals surface area contributed by atoms with Crippen molar-refractivity contribution in [2.75, 3.05) is 0 Å². The highest BCUT2D eigenvalue weighted by atomic mass is 79.9. The first-order chi connectivity index (χ1) is 12.2. The molecule has 0 aliphatic heterocycles. The van der Waals surface area contributed by atoms with E-state index in [-0.39, 0.29) is 0 Å². The van der Waals surface area contributed by atoms with Crippen molar-refractivity contribution in [2.24, 2.45) is 0 Å². The van der Waals surface area contributed by atoms with Gasteiger partial charge in [-0.05, 0) is 57.2 Å². The molecule has 0 aromatic heterocycles. The van der Waals surface area contributed by atoms with Gasteiger partial charge in [-0.3, -0.25) is 0 Å². The van der Waals surface area contributed by atoms with Crippen LogP contribution in [0.3, 0.4) is 0 Å². The summed E-state index contributed by atoms with van der Waals surface area (Å²) in [7, 11) is -3.21. The van der Waals surface area contributed by atoms with Crippen LogP contribution in [0, 0.1) is 20.8 Å². The third-order valence-corrected chi connectivity index (χ3v) is 10.2. The summed E-state index contributed by atoms with van der Waals surface area (Å²) in [6.45, 7) is 5.90. The molecule has 0 atom stereocenters. The number of aryl methyl sites for hydroxylation is 3. The van der Waals surface area contributed by atoms with Gasteiger partial charge in [-0.25, -0.2) is 0 Å². The van der Waals surface area contributed by atoms with E-state index in [0.717, 1.165) is 16.7 Å². The van der Waals surface area contributed by atoms with E-state index in [2.05, 4.69) is 15.9 Å². The van der Waals surface area contributed by atoms with Gasteiger partial charge in [0.15, 0.2) is 7.26 Å². The van der Waals surface area contributed by atoms with Crippen molar-refractivity contribution in [3.05, 3.63) is 89.5 Å². The minimum atomic E-state index is -3.21. The van der Waals surface area contributed by atoms with Crippen LogP contribution in [-0.4, -0.2) is 4.57 Å². The highest BCUT2D eigenvalue weighted by molar-refractivity contribution is 9.11. The van der Waals surface area contributed by atoms with Crippen LogP contribution >= 0.6 is 23.2 Å². The zero-order chi connectivity index (χ0) is 18.9. The molecule has 3 aromatic rings. The summed E-state index contributed by atoms with van der Waals surface area (Å²) in [4.78, 5) is 0. The topological polar surface area (TPSA) is 0 Å². The molecule has 0 aliphatic carbocycles. The second-order valence-corrected chi connectivity index (χ2v) is 11.7. The van der Waals surface area contributed by atoms with Crippen LogP contribution in [0.1, 0.15) is 16.7 Å². The van der Waals surface area contributed by atoms with Crippen LogP contribution in [0.4, 0.5) is 8.78 Å². The second-order valence-electron chi connectivity index (χ2n) is 6.65. The molecule has 0 spiro atoms. The summed E-state index contributed by atoms with van der Waals surface area (Å²) in [5.74, 6) is 0. The summed E-state index contributed by atoms with van der Waals surface area (Å²) in [5, 5.41) is 1.99. The average molecular weight is 434 g/mol. The normalized spacial score (nSPS) is 12.2.